The van der Waals surface area contributed by atoms with Gasteiger partial charge in [0.2, 0.25) is 0 Å². The van der Waals surface area contributed by atoms with Gasteiger partial charge in [-0.3, -0.25) is 0 Å². The number of alkyl halides is 1. The van der Waals surface area contributed by atoms with E-state index in [-0.39, 0.29) is 12.5 Å². The minimum absolute atomic E-state index is 0.172. The molecule has 1 atom stereocenters. The Morgan fingerprint density at radius 1 is 1.38 bits per heavy atom. The predicted octanol–water partition coefficient (Wildman–Crippen LogP) is 2.33. The maximum atomic E-state index is 9.20. The molecule has 0 heterocycles. The molecule has 0 bridgehead atoms. The monoisotopic (exact) mass is 242 g/mol. The molecule has 0 saturated heterocycles. The van der Waals surface area contributed by atoms with E-state index in [0.29, 0.717) is 12.4 Å². The fourth-order valence-electron chi connectivity index (χ4n) is 1.07. The van der Waals surface area contributed by atoms with Gasteiger partial charge < -0.3 is 14.6 Å². The maximum absolute atomic E-state index is 9.20. The van der Waals surface area contributed by atoms with Crippen molar-refractivity contribution in [3.63, 3.8) is 0 Å². The Hall–Kier alpha value is -1.19. The van der Waals surface area contributed by atoms with Crippen molar-refractivity contribution in [3.8, 4) is 5.75 Å². The highest BCUT2D eigenvalue weighted by atomic mass is 35.5. The second-order valence-corrected chi connectivity index (χ2v) is 3.55. The molecule has 0 aliphatic carbocycles. The van der Waals surface area contributed by atoms with Crippen molar-refractivity contribution in [3.05, 3.63) is 42.7 Å². The molecule has 88 valence electrons. The van der Waals surface area contributed by atoms with Crippen molar-refractivity contribution >= 4 is 11.6 Å². The molecule has 1 aromatic carbocycles. The van der Waals surface area contributed by atoms with Gasteiger partial charge in [0.1, 0.15) is 25.1 Å². The van der Waals surface area contributed by atoms with Crippen LogP contribution in [0.25, 0.3) is 0 Å². The van der Waals surface area contributed by atoms with E-state index < -0.39 is 6.10 Å². The molecule has 3 nitrogen and oxygen atoms in total. The van der Waals surface area contributed by atoms with E-state index in [1.54, 1.807) is 0 Å². The van der Waals surface area contributed by atoms with Crippen molar-refractivity contribution in [1.29, 1.82) is 0 Å². The number of aliphatic hydroxyl groups is 1. The van der Waals surface area contributed by atoms with Crippen molar-refractivity contribution < 1.29 is 14.6 Å². The van der Waals surface area contributed by atoms with Gasteiger partial charge in [-0.1, -0.05) is 18.7 Å². The SMILES string of the molecule is C=COCc1ccc(OCC(O)CCl)cc1. The summed E-state index contributed by atoms with van der Waals surface area (Å²) >= 11 is 5.44. The Labute approximate surface area is 100 Å². The highest BCUT2D eigenvalue weighted by Crippen LogP contribution is 2.13. The number of aliphatic hydroxyl groups excluding tert-OH is 1. The predicted molar refractivity (Wildman–Crippen MR) is 63.6 cm³/mol. The Balaban J connectivity index is 2.41. The molecule has 0 aromatic heterocycles. The number of ether oxygens (including phenoxy) is 2. The first-order valence-corrected chi connectivity index (χ1v) is 5.48. The van der Waals surface area contributed by atoms with Crippen molar-refractivity contribution in [2.75, 3.05) is 12.5 Å². The lowest BCUT2D eigenvalue weighted by Crippen LogP contribution is -2.18. The van der Waals surface area contributed by atoms with Gasteiger partial charge in [-0.2, -0.15) is 0 Å². The molecular formula is C12H15ClO3. The number of rotatable bonds is 7. The lowest BCUT2D eigenvalue weighted by Gasteiger charge is -2.10. The molecule has 0 spiro atoms. The Morgan fingerprint density at radius 2 is 2.06 bits per heavy atom. The van der Waals surface area contributed by atoms with Gasteiger partial charge in [-0.15, -0.1) is 11.6 Å². The Morgan fingerprint density at radius 3 is 2.62 bits per heavy atom. The summed E-state index contributed by atoms with van der Waals surface area (Å²) < 4.78 is 10.4. The number of hydrogen-bond acceptors (Lipinski definition) is 3. The molecule has 16 heavy (non-hydrogen) atoms. The van der Waals surface area contributed by atoms with Crippen LogP contribution in [0.15, 0.2) is 37.1 Å². The van der Waals surface area contributed by atoms with E-state index in [4.69, 9.17) is 21.1 Å². The molecule has 0 fully saturated rings. The number of hydrogen-bond donors (Lipinski definition) is 1. The van der Waals surface area contributed by atoms with E-state index >= 15 is 0 Å². The minimum Gasteiger partial charge on any atom is -0.497 e. The standard InChI is InChI=1S/C12H15ClO3/c1-2-15-8-10-3-5-12(6-4-10)16-9-11(14)7-13/h2-6,11,14H,1,7-9H2. The maximum Gasteiger partial charge on any atom is 0.119 e. The van der Waals surface area contributed by atoms with Crippen LogP contribution in [0.2, 0.25) is 0 Å². The first-order valence-electron chi connectivity index (χ1n) is 4.94. The molecular weight excluding hydrogens is 228 g/mol. The van der Waals surface area contributed by atoms with Crippen LogP contribution < -0.4 is 4.74 Å². The van der Waals surface area contributed by atoms with Crippen molar-refractivity contribution in [1.82, 2.24) is 0 Å². The second kappa shape index (κ2) is 7.14. The van der Waals surface area contributed by atoms with E-state index in [1.165, 1.54) is 6.26 Å². The number of halogens is 1. The van der Waals surface area contributed by atoms with E-state index in [1.807, 2.05) is 24.3 Å². The molecule has 0 aliphatic rings. The topological polar surface area (TPSA) is 38.7 Å². The van der Waals surface area contributed by atoms with E-state index in [0.717, 1.165) is 5.56 Å². The van der Waals surface area contributed by atoms with Crippen LogP contribution in [-0.2, 0) is 11.3 Å². The summed E-state index contributed by atoms with van der Waals surface area (Å²) in [5, 5.41) is 9.20. The highest BCUT2D eigenvalue weighted by molar-refractivity contribution is 6.18. The summed E-state index contributed by atoms with van der Waals surface area (Å²) in [4.78, 5) is 0. The zero-order valence-corrected chi connectivity index (χ0v) is 9.69. The third-order valence-electron chi connectivity index (χ3n) is 1.91. The van der Waals surface area contributed by atoms with Crippen LogP contribution in [0.3, 0.4) is 0 Å². The first kappa shape index (κ1) is 12.9. The first-order chi connectivity index (χ1) is 7.76. The lowest BCUT2D eigenvalue weighted by molar-refractivity contribution is 0.125. The summed E-state index contributed by atoms with van der Waals surface area (Å²) in [6, 6.07) is 7.43. The second-order valence-electron chi connectivity index (χ2n) is 3.24. The van der Waals surface area contributed by atoms with Crippen LogP contribution in [0.4, 0.5) is 0 Å². The van der Waals surface area contributed by atoms with Gasteiger partial charge in [0, 0.05) is 0 Å². The van der Waals surface area contributed by atoms with Crippen LogP contribution >= 0.6 is 11.6 Å². The molecule has 4 heteroatoms. The average Bonchev–Trinajstić information content (AvgIpc) is 2.34. The quantitative estimate of drug-likeness (QED) is 0.589. The fraction of sp³-hybridized carbons (Fsp3) is 0.333. The summed E-state index contributed by atoms with van der Waals surface area (Å²) in [6.45, 7) is 4.16. The van der Waals surface area contributed by atoms with Crippen LogP contribution in [0.5, 0.6) is 5.75 Å². The molecule has 1 unspecified atom stereocenters. The Bertz CT molecular complexity index is 311. The Kier molecular flexibility index (Phi) is 5.75. The fourth-order valence-corrected chi connectivity index (χ4v) is 1.16. The summed E-state index contributed by atoms with van der Waals surface area (Å²) in [7, 11) is 0. The minimum atomic E-state index is -0.634. The van der Waals surface area contributed by atoms with Crippen LogP contribution in [-0.4, -0.2) is 23.7 Å². The molecule has 0 amide bonds. The van der Waals surface area contributed by atoms with Crippen molar-refractivity contribution in [2.45, 2.75) is 12.7 Å². The lowest BCUT2D eigenvalue weighted by atomic mass is 10.2. The van der Waals surface area contributed by atoms with Crippen LogP contribution in [0.1, 0.15) is 5.56 Å². The van der Waals surface area contributed by atoms with E-state index in [2.05, 4.69) is 6.58 Å². The van der Waals surface area contributed by atoms with E-state index in [9.17, 15) is 5.11 Å². The molecule has 0 aliphatic heterocycles. The van der Waals surface area contributed by atoms with Gasteiger partial charge in [0.05, 0.1) is 12.1 Å². The molecule has 1 N–H and O–H groups in total. The van der Waals surface area contributed by atoms with Gasteiger partial charge >= 0.3 is 0 Å². The third kappa shape index (κ3) is 4.55. The normalized spacial score (nSPS) is 11.9. The average molecular weight is 243 g/mol. The summed E-state index contributed by atoms with van der Waals surface area (Å²) in [5.74, 6) is 0.872. The third-order valence-corrected chi connectivity index (χ3v) is 2.27. The number of benzene rings is 1. The van der Waals surface area contributed by atoms with Crippen molar-refractivity contribution in [2.24, 2.45) is 0 Å². The molecule has 1 aromatic rings. The van der Waals surface area contributed by atoms with Gasteiger partial charge in [0.15, 0.2) is 0 Å². The van der Waals surface area contributed by atoms with Gasteiger partial charge in [-0.05, 0) is 17.7 Å². The summed E-state index contributed by atoms with van der Waals surface area (Å²) in [5.41, 5.74) is 1.03. The highest BCUT2D eigenvalue weighted by Gasteiger charge is 2.02. The van der Waals surface area contributed by atoms with Gasteiger partial charge in [0.25, 0.3) is 0 Å². The molecule has 0 saturated carbocycles. The zero-order chi connectivity index (χ0) is 11.8. The summed E-state index contributed by atoms with van der Waals surface area (Å²) in [6.07, 6.45) is 0.770. The van der Waals surface area contributed by atoms with Crippen LogP contribution in [0, 0.1) is 0 Å². The zero-order valence-electron chi connectivity index (χ0n) is 8.93. The molecule has 0 radical (unpaired) electrons. The molecule has 1 rings (SSSR count). The largest absolute Gasteiger partial charge is 0.497 e. The van der Waals surface area contributed by atoms with Gasteiger partial charge in [-0.25, -0.2) is 0 Å². The smallest absolute Gasteiger partial charge is 0.119 e.